The molecular weight excluding hydrogens is 306 g/mol. The van der Waals surface area contributed by atoms with E-state index in [-0.39, 0.29) is 17.8 Å². The van der Waals surface area contributed by atoms with Crippen LogP contribution >= 0.6 is 0 Å². The van der Waals surface area contributed by atoms with E-state index in [9.17, 15) is 18.4 Å². The van der Waals surface area contributed by atoms with Crippen LogP contribution in [0.4, 0.5) is 8.78 Å². The standard InChI is InChI=1S/C17H30F2O4/c1-8-13(17(18,19)15(21)22-7)23-14(20)12(11(3)4)10-16(5,6)9-2/h11-13H,8-10H2,1-7H3. The molecule has 0 spiro atoms. The topological polar surface area (TPSA) is 52.6 Å². The minimum absolute atomic E-state index is 0.0439. The summed E-state index contributed by atoms with van der Waals surface area (Å²) >= 11 is 0. The van der Waals surface area contributed by atoms with E-state index in [2.05, 4.69) is 4.74 Å². The zero-order valence-corrected chi connectivity index (χ0v) is 15.2. The number of rotatable bonds is 9. The van der Waals surface area contributed by atoms with Gasteiger partial charge in [-0.15, -0.1) is 0 Å². The van der Waals surface area contributed by atoms with Crippen molar-refractivity contribution in [3.63, 3.8) is 0 Å². The van der Waals surface area contributed by atoms with Crippen LogP contribution in [0.1, 0.15) is 60.8 Å². The van der Waals surface area contributed by atoms with Crippen molar-refractivity contribution in [2.45, 2.75) is 72.8 Å². The van der Waals surface area contributed by atoms with Gasteiger partial charge in [0.2, 0.25) is 0 Å². The third-order valence-electron chi connectivity index (χ3n) is 4.33. The Balaban J connectivity index is 5.20. The van der Waals surface area contributed by atoms with Crippen molar-refractivity contribution in [2.24, 2.45) is 17.3 Å². The molecular formula is C17H30F2O4. The van der Waals surface area contributed by atoms with E-state index < -0.39 is 29.9 Å². The van der Waals surface area contributed by atoms with Crippen molar-refractivity contribution in [3.05, 3.63) is 0 Å². The molecule has 0 amide bonds. The second kappa shape index (κ2) is 8.60. The maximum absolute atomic E-state index is 14.0. The van der Waals surface area contributed by atoms with Crippen LogP contribution in [0.2, 0.25) is 0 Å². The number of carbonyl (C=O) groups is 2. The van der Waals surface area contributed by atoms with Gasteiger partial charge in [-0.2, -0.15) is 8.78 Å². The molecule has 0 N–H and O–H groups in total. The maximum Gasteiger partial charge on any atom is 0.380 e. The monoisotopic (exact) mass is 336 g/mol. The number of methoxy groups -OCH3 is 1. The molecule has 2 atom stereocenters. The van der Waals surface area contributed by atoms with E-state index >= 15 is 0 Å². The Hall–Kier alpha value is -1.20. The van der Waals surface area contributed by atoms with Gasteiger partial charge in [-0.25, -0.2) is 4.79 Å². The van der Waals surface area contributed by atoms with E-state index in [1.54, 1.807) is 0 Å². The number of alkyl halides is 2. The molecule has 0 radical (unpaired) electrons. The summed E-state index contributed by atoms with van der Waals surface area (Å²) in [5.41, 5.74) is -0.0967. The molecule has 0 rings (SSSR count). The first-order valence-corrected chi connectivity index (χ1v) is 8.09. The van der Waals surface area contributed by atoms with Crippen LogP contribution in [0.15, 0.2) is 0 Å². The fraction of sp³-hybridized carbons (Fsp3) is 0.882. The number of hydrogen-bond acceptors (Lipinski definition) is 4. The number of carbonyl (C=O) groups excluding carboxylic acids is 2. The highest BCUT2D eigenvalue weighted by atomic mass is 19.3. The van der Waals surface area contributed by atoms with Gasteiger partial charge < -0.3 is 9.47 Å². The Morgan fingerprint density at radius 1 is 1.13 bits per heavy atom. The first-order chi connectivity index (χ1) is 10.4. The molecule has 4 nitrogen and oxygen atoms in total. The molecule has 0 heterocycles. The quantitative estimate of drug-likeness (QED) is 0.592. The minimum Gasteiger partial charge on any atom is -0.464 e. The van der Waals surface area contributed by atoms with Crippen LogP contribution in [0.25, 0.3) is 0 Å². The lowest BCUT2D eigenvalue weighted by Gasteiger charge is -2.31. The van der Waals surface area contributed by atoms with E-state index in [1.807, 2.05) is 34.6 Å². The summed E-state index contributed by atoms with van der Waals surface area (Å²) < 4.78 is 37.0. The molecule has 0 fully saturated rings. The van der Waals surface area contributed by atoms with Crippen molar-refractivity contribution in [3.8, 4) is 0 Å². The highest BCUT2D eigenvalue weighted by molar-refractivity contribution is 5.79. The van der Waals surface area contributed by atoms with Crippen molar-refractivity contribution in [2.75, 3.05) is 7.11 Å². The average molecular weight is 336 g/mol. The third-order valence-corrected chi connectivity index (χ3v) is 4.33. The summed E-state index contributed by atoms with van der Waals surface area (Å²) in [6, 6.07) is 0. The third kappa shape index (κ3) is 6.07. The van der Waals surface area contributed by atoms with Crippen LogP contribution in [0.5, 0.6) is 0 Å². The highest BCUT2D eigenvalue weighted by Gasteiger charge is 2.50. The summed E-state index contributed by atoms with van der Waals surface area (Å²) in [4.78, 5) is 23.6. The lowest BCUT2D eigenvalue weighted by Crippen LogP contribution is -2.46. The Labute approximate surface area is 137 Å². The molecule has 0 aliphatic carbocycles. The predicted octanol–water partition coefficient (Wildman–Crippen LogP) is 4.22. The lowest BCUT2D eigenvalue weighted by molar-refractivity contribution is -0.199. The molecule has 0 saturated carbocycles. The number of ether oxygens (including phenoxy) is 2. The van der Waals surface area contributed by atoms with Gasteiger partial charge >= 0.3 is 17.9 Å². The molecule has 23 heavy (non-hydrogen) atoms. The van der Waals surface area contributed by atoms with Gasteiger partial charge in [0.25, 0.3) is 0 Å². The SMILES string of the molecule is CCC(OC(=O)C(CC(C)(C)CC)C(C)C)C(F)(F)C(=O)OC. The Morgan fingerprint density at radius 3 is 2.00 bits per heavy atom. The molecule has 0 aromatic carbocycles. The smallest absolute Gasteiger partial charge is 0.380 e. The van der Waals surface area contributed by atoms with Crippen molar-refractivity contribution >= 4 is 11.9 Å². The Morgan fingerprint density at radius 2 is 1.65 bits per heavy atom. The Bertz CT molecular complexity index is 405. The first-order valence-electron chi connectivity index (χ1n) is 8.09. The number of esters is 2. The van der Waals surface area contributed by atoms with Gasteiger partial charge in [0.1, 0.15) is 0 Å². The molecule has 0 saturated heterocycles. The molecule has 0 aliphatic rings. The first kappa shape index (κ1) is 21.8. The lowest BCUT2D eigenvalue weighted by atomic mass is 9.77. The summed E-state index contributed by atoms with van der Waals surface area (Å²) in [5.74, 6) is -6.75. The van der Waals surface area contributed by atoms with E-state index in [0.29, 0.717) is 6.42 Å². The van der Waals surface area contributed by atoms with Crippen LogP contribution in [-0.2, 0) is 19.1 Å². The molecule has 0 aromatic rings. The average Bonchev–Trinajstić information content (AvgIpc) is 2.48. The van der Waals surface area contributed by atoms with Crippen molar-refractivity contribution in [1.29, 1.82) is 0 Å². The molecule has 6 heteroatoms. The maximum atomic E-state index is 14.0. The van der Waals surface area contributed by atoms with Crippen LogP contribution in [-0.4, -0.2) is 31.1 Å². The predicted molar refractivity (Wildman–Crippen MR) is 84.2 cm³/mol. The minimum atomic E-state index is -3.85. The molecule has 0 bridgehead atoms. The fourth-order valence-corrected chi connectivity index (χ4v) is 2.24. The van der Waals surface area contributed by atoms with Gasteiger partial charge in [-0.1, -0.05) is 48.0 Å². The molecule has 136 valence electrons. The largest absolute Gasteiger partial charge is 0.464 e. The Kier molecular flexibility index (Phi) is 8.15. The van der Waals surface area contributed by atoms with Crippen LogP contribution in [0, 0.1) is 17.3 Å². The van der Waals surface area contributed by atoms with Crippen LogP contribution in [0.3, 0.4) is 0 Å². The zero-order valence-electron chi connectivity index (χ0n) is 15.2. The van der Waals surface area contributed by atoms with E-state index in [4.69, 9.17) is 4.74 Å². The molecule has 2 unspecified atom stereocenters. The second-order valence-corrected chi connectivity index (χ2v) is 7.02. The zero-order chi connectivity index (χ0) is 18.4. The molecule has 0 aliphatic heterocycles. The van der Waals surface area contributed by atoms with Gasteiger partial charge in [-0.3, -0.25) is 4.79 Å². The van der Waals surface area contributed by atoms with E-state index in [0.717, 1.165) is 13.5 Å². The normalized spacial score (nSPS) is 15.2. The van der Waals surface area contributed by atoms with Crippen molar-refractivity contribution in [1.82, 2.24) is 0 Å². The van der Waals surface area contributed by atoms with Crippen LogP contribution < -0.4 is 0 Å². The summed E-state index contributed by atoms with van der Waals surface area (Å²) in [5, 5.41) is 0. The molecule has 0 aromatic heterocycles. The highest BCUT2D eigenvalue weighted by Crippen LogP contribution is 2.34. The van der Waals surface area contributed by atoms with Gasteiger partial charge in [-0.05, 0) is 24.2 Å². The summed E-state index contributed by atoms with van der Waals surface area (Å²) in [7, 11) is 0.880. The van der Waals surface area contributed by atoms with Gasteiger partial charge in [0.15, 0.2) is 6.10 Å². The fourth-order valence-electron chi connectivity index (χ4n) is 2.24. The second-order valence-electron chi connectivity index (χ2n) is 7.02. The number of hydrogen-bond donors (Lipinski definition) is 0. The van der Waals surface area contributed by atoms with Gasteiger partial charge in [0, 0.05) is 0 Å². The van der Waals surface area contributed by atoms with Gasteiger partial charge in [0.05, 0.1) is 13.0 Å². The summed E-state index contributed by atoms with van der Waals surface area (Å²) in [6.07, 6.45) is -0.580. The van der Waals surface area contributed by atoms with E-state index in [1.165, 1.54) is 6.92 Å². The number of halogens is 2. The van der Waals surface area contributed by atoms with Crippen molar-refractivity contribution < 1.29 is 27.8 Å². The summed E-state index contributed by atoms with van der Waals surface area (Å²) in [6.45, 7) is 11.2.